The van der Waals surface area contributed by atoms with Crippen molar-refractivity contribution >= 4 is 16.9 Å². The minimum Gasteiger partial charge on any atom is -0.468 e. The van der Waals surface area contributed by atoms with E-state index in [4.69, 9.17) is 4.74 Å². The molecular weight excluding hydrogens is 348 g/mol. The summed E-state index contributed by atoms with van der Waals surface area (Å²) in [7, 11) is 3.46. The SMILES string of the molecule is COC(=O)[C@H](c1cn(C)c2ccccc12)c1cccn1[C@H](C)c1ccccc1. The number of hydrogen-bond donors (Lipinski definition) is 0. The number of nitrogens with zero attached hydrogens (tertiary/aromatic N) is 2. The van der Waals surface area contributed by atoms with E-state index in [1.165, 1.54) is 12.7 Å². The molecule has 4 rings (SSSR count). The maximum absolute atomic E-state index is 12.9. The molecule has 0 saturated heterocycles. The van der Waals surface area contributed by atoms with Crippen LogP contribution in [0, 0.1) is 0 Å². The zero-order valence-corrected chi connectivity index (χ0v) is 16.4. The second-order valence-corrected chi connectivity index (χ2v) is 7.10. The normalized spacial score (nSPS) is 13.4. The van der Waals surface area contributed by atoms with Gasteiger partial charge in [-0.3, -0.25) is 4.79 Å². The van der Waals surface area contributed by atoms with E-state index in [1.54, 1.807) is 0 Å². The van der Waals surface area contributed by atoms with Gasteiger partial charge in [0.2, 0.25) is 0 Å². The number of aromatic nitrogens is 2. The third-order valence-corrected chi connectivity index (χ3v) is 5.48. The number of rotatable bonds is 5. The van der Waals surface area contributed by atoms with E-state index in [0.717, 1.165) is 22.2 Å². The lowest BCUT2D eigenvalue weighted by Gasteiger charge is -2.22. The Morgan fingerprint density at radius 2 is 1.68 bits per heavy atom. The number of para-hydroxylation sites is 1. The molecule has 0 spiro atoms. The molecule has 2 aromatic carbocycles. The Labute approximate surface area is 165 Å². The van der Waals surface area contributed by atoms with Gasteiger partial charge in [0.1, 0.15) is 5.92 Å². The van der Waals surface area contributed by atoms with Crippen molar-refractivity contribution in [2.75, 3.05) is 7.11 Å². The van der Waals surface area contributed by atoms with E-state index in [-0.39, 0.29) is 12.0 Å². The molecule has 4 aromatic rings. The highest BCUT2D eigenvalue weighted by atomic mass is 16.5. The van der Waals surface area contributed by atoms with Crippen LogP contribution in [0.15, 0.2) is 79.1 Å². The average Bonchev–Trinajstić information content (AvgIpc) is 3.34. The Morgan fingerprint density at radius 3 is 2.43 bits per heavy atom. The molecule has 0 aliphatic rings. The molecule has 0 fully saturated rings. The summed E-state index contributed by atoms with van der Waals surface area (Å²) in [5.74, 6) is -0.742. The highest BCUT2D eigenvalue weighted by Gasteiger charge is 2.30. The fraction of sp³-hybridized carbons (Fsp3) is 0.208. The Balaban J connectivity index is 1.87. The summed E-state index contributed by atoms with van der Waals surface area (Å²) < 4.78 is 9.46. The molecule has 2 heterocycles. The van der Waals surface area contributed by atoms with Gasteiger partial charge in [-0.05, 0) is 36.2 Å². The zero-order valence-electron chi connectivity index (χ0n) is 16.4. The van der Waals surface area contributed by atoms with Crippen LogP contribution in [0.3, 0.4) is 0 Å². The Morgan fingerprint density at radius 1 is 0.964 bits per heavy atom. The van der Waals surface area contributed by atoms with Crippen LogP contribution >= 0.6 is 0 Å². The minimum absolute atomic E-state index is 0.105. The lowest BCUT2D eigenvalue weighted by molar-refractivity contribution is -0.141. The highest BCUT2D eigenvalue weighted by molar-refractivity contribution is 5.92. The van der Waals surface area contributed by atoms with E-state index >= 15 is 0 Å². The molecule has 142 valence electrons. The minimum atomic E-state index is -0.489. The standard InChI is InChI=1S/C24H24N2O2/c1-17(18-10-5-4-6-11-18)26-15-9-14-22(26)23(24(27)28-3)20-16-25(2)21-13-8-7-12-19(20)21/h4-17,23H,1-3H3/t17-,23-/m1/s1. The maximum atomic E-state index is 12.9. The largest absolute Gasteiger partial charge is 0.468 e. The molecule has 2 aromatic heterocycles. The molecule has 0 N–H and O–H groups in total. The lowest BCUT2D eigenvalue weighted by Crippen LogP contribution is -2.20. The Hall–Kier alpha value is -3.27. The fourth-order valence-corrected chi connectivity index (χ4v) is 4.02. The van der Waals surface area contributed by atoms with Crippen molar-refractivity contribution in [1.82, 2.24) is 9.13 Å². The van der Waals surface area contributed by atoms with Crippen LogP contribution in [-0.2, 0) is 16.6 Å². The third-order valence-electron chi connectivity index (χ3n) is 5.48. The lowest BCUT2D eigenvalue weighted by atomic mass is 9.94. The van der Waals surface area contributed by atoms with Crippen molar-refractivity contribution in [3.63, 3.8) is 0 Å². The van der Waals surface area contributed by atoms with Gasteiger partial charge < -0.3 is 13.9 Å². The number of aryl methyl sites for hydroxylation is 1. The molecule has 0 unspecified atom stereocenters. The predicted molar refractivity (Wildman–Crippen MR) is 111 cm³/mol. The summed E-state index contributed by atoms with van der Waals surface area (Å²) in [6.07, 6.45) is 4.07. The van der Waals surface area contributed by atoms with Crippen molar-refractivity contribution in [3.8, 4) is 0 Å². The maximum Gasteiger partial charge on any atom is 0.319 e. The second kappa shape index (κ2) is 7.39. The third kappa shape index (κ3) is 3.01. The van der Waals surface area contributed by atoms with Crippen LogP contribution in [0.25, 0.3) is 10.9 Å². The van der Waals surface area contributed by atoms with Crippen molar-refractivity contribution < 1.29 is 9.53 Å². The van der Waals surface area contributed by atoms with Gasteiger partial charge in [0.15, 0.2) is 0 Å². The number of carbonyl (C=O) groups excluding carboxylic acids is 1. The van der Waals surface area contributed by atoms with E-state index in [2.05, 4.69) is 40.3 Å². The number of hydrogen-bond acceptors (Lipinski definition) is 2. The van der Waals surface area contributed by atoms with E-state index < -0.39 is 5.92 Å². The number of esters is 1. The van der Waals surface area contributed by atoms with Crippen molar-refractivity contribution in [3.05, 3.63) is 95.9 Å². The van der Waals surface area contributed by atoms with Gasteiger partial charge in [-0.1, -0.05) is 48.5 Å². The first-order chi connectivity index (χ1) is 13.6. The number of fused-ring (bicyclic) bond motifs is 1. The van der Waals surface area contributed by atoms with Crippen LogP contribution in [-0.4, -0.2) is 22.2 Å². The van der Waals surface area contributed by atoms with Crippen molar-refractivity contribution in [1.29, 1.82) is 0 Å². The van der Waals surface area contributed by atoms with Gasteiger partial charge >= 0.3 is 5.97 Å². The van der Waals surface area contributed by atoms with Crippen LogP contribution in [0.4, 0.5) is 0 Å². The number of ether oxygens (including phenoxy) is 1. The molecule has 0 amide bonds. The summed E-state index contributed by atoms with van der Waals surface area (Å²) in [5, 5.41) is 1.07. The number of methoxy groups -OCH3 is 1. The molecule has 0 bridgehead atoms. The summed E-state index contributed by atoms with van der Waals surface area (Å²) in [5.41, 5.74) is 4.19. The molecule has 0 aliphatic carbocycles. The quantitative estimate of drug-likeness (QED) is 0.468. The van der Waals surface area contributed by atoms with Gasteiger partial charge in [0.05, 0.1) is 13.2 Å². The first-order valence-corrected chi connectivity index (χ1v) is 9.45. The summed E-state index contributed by atoms with van der Waals surface area (Å²) in [6, 6.07) is 22.6. The first kappa shape index (κ1) is 18.1. The van der Waals surface area contributed by atoms with Crippen LogP contribution in [0.1, 0.15) is 35.7 Å². The molecule has 0 saturated carbocycles. The number of benzene rings is 2. The summed E-state index contributed by atoms with van der Waals surface area (Å²) >= 11 is 0. The van der Waals surface area contributed by atoms with E-state index in [1.807, 2.05) is 61.9 Å². The van der Waals surface area contributed by atoms with Gasteiger partial charge in [-0.2, -0.15) is 0 Å². The molecule has 4 nitrogen and oxygen atoms in total. The molecule has 28 heavy (non-hydrogen) atoms. The monoisotopic (exact) mass is 372 g/mol. The van der Waals surface area contributed by atoms with Gasteiger partial charge in [-0.25, -0.2) is 0 Å². The smallest absolute Gasteiger partial charge is 0.319 e. The molecule has 0 aliphatic heterocycles. The van der Waals surface area contributed by atoms with Crippen molar-refractivity contribution in [2.45, 2.75) is 18.9 Å². The predicted octanol–water partition coefficient (Wildman–Crippen LogP) is 4.89. The average molecular weight is 372 g/mol. The van der Waals surface area contributed by atoms with Gasteiger partial charge in [-0.15, -0.1) is 0 Å². The van der Waals surface area contributed by atoms with Crippen LogP contribution in [0.2, 0.25) is 0 Å². The fourth-order valence-electron chi connectivity index (χ4n) is 4.02. The molecule has 2 atom stereocenters. The molecule has 4 heteroatoms. The van der Waals surface area contributed by atoms with E-state index in [9.17, 15) is 4.79 Å². The second-order valence-electron chi connectivity index (χ2n) is 7.10. The van der Waals surface area contributed by atoms with Crippen molar-refractivity contribution in [2.24, 2.45) is 7.05 Å². The van der Waals surface area contributed by atoms with E-state index in [0.29, 0.717) is 0 Å². The Bertz CT molecular complexity index is 1110. The van der Waals surface area contributed by atoms with Crippen LogP contribution < -0.4 is 0 Å². The molecule has 0 radical (unpaired) electrons. The Kier molecular flexibility index (Phi) is 4.78. The topological polar surface area (TPSA) is 36.2 Å². The van der Waals surface area contributed by atoms with Crippen LogP contribution in [0.5, 0.6) is 0 Å². The first-order valence-electron chi connectivity index (χ1n) is 9.45. The highest BCUT2D eigenvalue weighted by Crippen LogP contribution is 2.35. The molecular formula is C24H24N2O2. The summed E-state index contributed by atoms with van der Waals surface area (Å²) in [6.45, 7) is 2.15. The van der Waals surface area contributed by atoms with Gasteiger partial charge in [0, 0.05) is 36.0 Å². The number of carbonyl (C=O) groups is 1. The van der Waals surface area contributed by atoms with Gasteiger partial charge in [0.25, 0.3) is 0 Å². The zero-order chi connectivity index (χ0) is 19.7. The summed E-state index contributed by atoms with van der Waals surface area (Å²) in [4.78, 5) is 12.9.